The predicted molar refractivity (Wildman–Crippen MR) is 84.2 cm³/mol. The number of ketones is 1. The van der Waals surface area contributed by atoms with Gasteiger partial charge in [0, 0.05) is 13.1 Å². The first kappa shape index (κ1) is 14.9. The van der Waals surface area contributed by atoms with Crippen LogP contribution in [0.4, 0.5) is 5.69 Å². The van der Waals surface area contributed by atoms with Gasteiger partial charge in [-0.1, -0.05) is 12.1 Å². The summed E-state index contributed by atoms with van der Waals surface area (Å²) in [5, 5.41) is 0. The van der Waals surface area contributed by atoms with Crippen LogP contribution in [0.25, 0.3) is 0 Å². The molecule has 1 saturated heterocycles. The second kappa shape index (κ2) is 6.38. The minimum atomic E-state index is -0.521. The van der Waals surface area contributed by atoms with Crippen LogP contribution >= 0.6 is 0 Å². The molecule has 2 aliphatic rings. The topological polar surface area (TPSA) is 49.9 Å². The molecule has 0 aliphatic carbocycles. The number of nitrogens with zero attached hydrogens (tertiary/aromatic N) is 2. The van der Waals surface area contributed by atoms with E-state index in [1.54, 1.807) is 6.92 Å². The van der Waals surface area contributed by atoms with Crippen LogP contribution in [0.3, 0.4) is 0 Å². The lowest BCUT2D eigenvalue weighted by atomic mass is 10.1. The SMILES string of the molecule is CC(=O)CN1CC(C(=O)N2CCCCC2)Oc2ccccc21. The molecule has 1 amide bonds. The van der Waals surface area contributed by atoms with Gasteiger partial charge in [0.25, 0.3) is 5.91 Å². The summed E-state index contributed by atoms with van der Waals surface area (Å²) in [5.74, 6) is 0.814. The van der Waals surface area contributed by atoms with Gasteiger partial charge in [0.1, 0.15) is 11.5 Å². The molecule has 0 aromatic heterocycles. The van der Waals surface area contributed by atoms with E-state index in [1.807, 2.05) is 34.1 Å². The number of ether oxygens (including phenoxy) is 1. The van der Waals surface area contributed by atoms with Gasteiger partial charge in [0.05, 0.1) is 18.8 Å². The number of piperidine rings is 1. The number of anilines is 1. The average Bonchev–Trinajstić information content (AvgIpc) is 2.54. The Morgan fingerprint density at radius 2 is 1.91 bits per heavy atom. The maximum absolute atomic E-state index is 12.7. The van der Waals surface area contributed by atoms with Gasteiger partial charge in [0.2, 0.25) is 0 Å². The van der Waals surface area contributed by atoms with E-state index in [-0.39, 0.29) is 11.7 Å². The van der Waals surface area contributed by atoms with Crippen LogP contribution in [0, 0.1) is 0 Å². The lowest BCUT2D eigenvalue weighted by Gasteiger charge is -2.38. The zero-order valence-electron chi connectivity index (χ0n) is 13.0. The number of likely N-dealkylation sites (tertiary alicyclic amines) is 1. The van der Waals surface area contributed by atoms with Crippen LogP contribution in [-0.2, 0) is 9.59 Å². The van der Waals surface area contributed by atoms with E-state index in [9.17, 15) is 9.59 Å². The summed E-state index contributed by atoms with van der Waals surface area (Å²) in [5.41, 5.74) is 0.889. The molecule has 118 valence electrons. The number of amides is 1. The van der Waals surface area contributed by atoms with Crippen LogP contribution in [0.2, 0.25) is 0 Å². The first-order chi connectivity index (χ1) is 10.6. The average molecular weight is 302 g/mol. The normalized spacial score (nSPS) is 21.0. The molecule has 1 aromatic rings. The number of rotatable bonds is 3. The third-order valence-electron chi connectivity index (χ3n) is 4.22. The predicted octanol–water partition coefficient (Wildman–Crippen LogP) is 1.86. The molecule has 1 atom stereocenters. The third kappa shape index (κ3) is 3.08. The van der Waals surface area contributed by atoms with Gasteiger partial charge in [-0.15, -0.1) is 0 Å². The third-order valence-corrected chi connectivity index (χ3v) is 4.22. The molecule has 1 unspecified atom stereocenters. The van der Waals surface area contributed by atoms with Crippen LogP contribution in [-0.4, -0.2) is 48.9 Å². The monoisotopic (exact) mass is 302 g/mol. The van der Waals surface area contributed by atoms with Crippen molar-refractivity contribution in [3.8, 4) is 5.75 Å². The van der Waals surface area contributed by atoms with E-state index in [2.05, 4.69) is 0 Å². The zero-order chi connectivity index (χ0) is 15.5. The highest BCUT2D eigenvalue weighted by molar-refractivity contribution is 5.86. The molecule has 0 bridgehead atoms. The minimum Gasteiger partial charge on any atom is -0.477 e. The van der Waals surface area contributed by atoms with Crippen LogP contribution < -0.4 is 9.64 Å². The molecular weight excluding hydrogens is 280 g/mol. The van der Waals surface area contributed by atoms with E-state index in [0.717, 1.165) is 31.6 Å². The van der Waals surface area contributed by atoms with Gasteiger partial charge >= 0.3 is 0 Å². The number of para-hydroxylation sites is 2. The standard InChI is InChI=1S/C17H22N2O3/c1-13(20)11-19-12-16(17(21)18-9-5-2-6-10-18)22-15-8-4-3-7-14(15)19/h3-4,7-8,16H,2,5-6,9-12H2,1H3. The van der Waals surface area contributed by atoms with Gasteiger partial charge in [-0.25, -0.2) is 0 Å². The molecule has 5 heteroatoms. The largest absolute Gasteiger partial charge is 0.477 e. The molecule has 3 rings (SSSR count). The Balaban J connectivity index is 1.79. The van der Waals surface area contributed by atoms with Crippen molar-refractivity contribution in [1.29, 1.82) is 0 Å². The molecule has 0 spiro atoms. The number of fused-ring (bicyclic) bond motifs is 1. The van der Waals surface area contributed by atoms with Gasteiger partial charge in [-0.2, -0.15) is 0 Å². The van der Waals surface area contributed by atoms with Crippen molar-refractivity contribution in [2.75, 3.05) is 31.1 Å². The van der Waals surface area contributed by atoms with Crippen LogP contribution in [0.5, 0.6) is 5.75 Å². The number of hydrogen-bond donors (Lipinski definition) is 0. The smallest absolute Gasteiger partial charge is 0.265 e. The fraction of sp³-hybridized carbons (Fsp3) is 0.529. The molecule has 1 fully saturated rings. The summed E-state index contributed by atoms with van der Waals surface area (Å²) < 4.78 is 5.91. The van der Waals surface area contributed by atoms with Crippen LogP contribution in [0.1, 0.15) is 26.2 Å². The first-order valence-electron chi connectivity index (χ1n) is 7.94. The van der Waals surface area contributed by atoms with E-state index in [4.69, 9.17) is 4.74 Å². The van der Waals surface area contributed by atoms with Crippen molar-refractivity contribution in [2.45, 2.75) is 32.3 Å². The molecule has 5 nitrogen and oxygen atoms in total. The van der Waals surface area contributed by atoms with Gasteiger partial charge in [0.15, 0.2) is 6.10 Å². The Bertz CT molecular complexity index is 567. The van der Waals surface area contributed by atoms with Crippen LogP contribution in [0.15, 0.2) is 24.3 Å². The summed E-state index contributed by atoms with van der Waals surface area (Å²) in [7, 11) is 0. The van der Waals surface area contributed by atoms with Gasteiger partial charge in [-0.3, -0.25) is 9.59 Å². The fourth-order valence-corrected chi connectivity index (χ4v) is 3.17. The Kier molecular flexibility index (Phi) is 4.32. The van der Waals surface area contributed by atoms with Crippen molar-refractivity contribution in [2.24, 2.45) is 0 Å². The quantitative estimate of drug-likeness (QED) is 0.855. The highest BCUT2D eigenvalue weighted by Crippen LogP contribution is 2.33. The molecule has 2 heterocycles. The molecule has 0 radical (unpaired) electrons. The second-order valence-corrected chi connectivity index (χ2v) is 6.04. The van der Waals surface area contributed by atoms with E-state index < -0.39 is 6.10 Å². The molecule has 1 aromatic carbocycles. The van der Waals surface area contributed by atoms with E-state index in [0.29, 0.717) is 18.8 Å². The Morgan fingerprint density at radius 1 is 1.18 bits per heavy atom. The highest BCUT2D eigenvalue weighted by Gasteiger charge is 2.34. The fourth-order valence-electron chi connectivity index (χ4n) is 3.17. The summed E-state index contributed by atoms with van der Waals surface area (Å²) in [6.45, 7) is 3.94. The molecule has 2 aliphatic heterocycles. The number of carbonyl (C=O) groups is 2. The maximum Gasteiger partial charge on any atom is 0.265 e. The highest BCUT2D eigenvalue weighted by atomic mass is 16.5. The lowest BCUT2D eigenvalue weighted by Crippen LogP contribution is -2.52. The minimum absolute atomic E-state index is 0.0442. The molecular formula is C17H22N2O3. The zero-order valence-corrected chi connectivity index (χ0v) is 13.0. The summed E-state index contributed by atoms with van der Waals surface area (Å²) in [4.78, 5) is 28.1. The molecule has 0 N–H and O–H groups in total. The Hall–Kier alpha value is -2.04. The summed E-state index contributed by atoms with van der Waals surface area (Å²) in [6, 6.07) is 7.60. The van der Waals surface area contributed by atoms with Crippen molar-refractivity contribution >= 4 is 17.4 Å². The molecule has 0 saturated carbocycles. The maximum atomic E-state index is 12.7. The summed E-state index contributed by atoms with van der Waals surface area (Å²) >= 11 is 0. The van der Waals surface area contributed by atoms with E-state index in [1.165, 1.54) is 6.42 Å². The van der Waals surface area contributed by atoms with E-state index >= 15 is 0 Å². The van der Waals surface area contributed by atoms with Crippen molar-refractivity contribution in [1.82, 2.24) is 4.90 Å². The van der Waals surface area contributed by atoms with Gasteiger partial charge in [-0.05, 0) is 38.3 Å². The summed E-state index contributed by atoms with van der Waals surface area (Å²) in [6.07, 6.45) is 2.79. The number of benzene rings is 1. The lowest BCUT2D eigenvalue weighted by molar-refractivity contribution is -0.139. The Labute approximate surface area is 130 Å². The first-order valence-corrected chi connectivity index (χ1v) is 7.94. The van der Waals surface area contributed by atoms with Crippen molar-refractivity contribution in [3.63, 3.8) is 0 Å². The van der Waals surface area contributed by atoms with Crippen molar-refractivity contribution in [3.05, 3.63) is 24.3 Å². The van der Waals surface area contributed by atoms with Gasteiger partial charge < -0.3 is 14.5 Å². The number of Topliss-reactive ketones (excluding diaryl/α,β-unsaturated/α-hetero) is 1. The molecule has 22 heavy (non-hydrogen) atoms. The van der Waals surface area contributed by atoms with Crippen molar-refractivity contribution < 1.29 is 14.3 Å². The Morgan fingerprint density at radius 3 is 2.64 bits per heavy atom. The number of carbonyl (C=O) groups excluding carboxylic acids is 2. The number of hydrogen-bond acceptors (Lipinski definition) is 4. The second-order valence-electron chi connectivity index (χ2n) is 6.04.